The summed E-state index contributed by atoms with van der Waals surface area (Å²) in [5.74, 6) is -0.792. The van der Waals surface area contributed by atoms with E-state index in [0.29, 0.717) is 22.3 Å². The molecule has 4 nitrogen and oxygen atoms in total. The van der Waals surface area contributed by atoms with Gasteiger partial charge in [-0.3, -0.25) is 4.79 Å². The molecule has 1 aliphatic rings. The number of hydrogen-bond acceptors (Lipinski definition) is 4. The average molecular weight is 308 g/mol. The first-order valence-corrected chi connectivity index (χ1v) is 7.28. The normalized spacial score (nSPS) is 19.3. The Hall–Kier alpha value is -2.72. The molecule has 1 N–H and O–H groups in total. The van der Waals surface area contributed by atoms with Crippen LogP contribution < -0.4 is 0 Å². The zero-order valence-electron chi connectivity index (χ0n) is 12.7. The van der Waals surface area contributed by atoms with Crippen molar-refractivity contribution in [2.75, 3.05) is 0 Å². The van der Waals surface area contributed by atoms with Crippen molar-refractivity contribution in [2.45, 2.75) is 19.1 Å². The Bertz CT molecular complexity index is 807. The van der Waals surface area contributed by atoms with Crippen molar-refractivity contribution in [3.8, 4) is 0 Å². The molecule has 0 aromatic heterocycles. The molecular weight excluding hydrogens is 292 g/mol. The van der Waals surface area contributed by atoms with E-state index < -0.39 is 18.2 Å². The lowest BCUT2D eigenvalue weighted by Gasteiger charge is -2.23. The zero-order valence-corrected chi connectivity index (χ0v) is 12.7. The fourth-order valence-electron chi connectivity index (χ4n) is 2.74. The quantitative estimate of drug-likeness (QED) is 0.684. The summed E-state index contributed by atoms with van der Waals surface area (Å²) in [6.07, 6.45) is -2.08. The highest BCUT2D eigenvalue weighted by Crippen LogP contribution is 2.40. The van der Waals surface area contributed by atoms with Crippen molar-refractivity contribution < 1.29 is 19.4 Å². The van der Waals surface area contributed by atoms with Gasteiger partial charge in [-0.1, -0.05) is 55.1 Å². The summed E-state index contributed by atoms with van der Waals surface area (Å²) in [5, 5.41) is 10.7. The van der Waals surface area contributed by atoms with Gasteiger partial charge >= 0.3 is 5.97 Å². The zero-order chi connectivity index (χ0) is 16.6. The van der Waals surface area contributed by atoms with Gasteiger partial charge in [-0.05, 0) is 12.5 Å². The number of ether oxygens (including phenoxy) is 1. The second-order valence-corrected chi connectivity index (χ2v) is 5.55. The molecular formula is C19H16O4. The lowest BCUT2D eigenvalue weighted by atomic mass is 9.98. The van der Waals surface area contributed by atoms with E-state index in [1.807, 2.05) is 0 Å². The second-order valence-electron chi connectivity index (χ2n) is 5.55. The third-order valence-corrected chi connectivity index (χ3v) is 3.91. The largest absolute Gasteiger partial charge is 0.451 e. The van der Waals surface area contributed by atoms with Crippen LogP contribution >= 0.6 is 0 Å². The molecule has 23 heavy (non-hydrogen) atoms. The number of fused-ring (bicyclic) bond motifs is 2. The Kier molecular flexibility index (Phi) is 3.84. The van der Waals surface area contributed by atoms with Gasteiger partial charge in [0.25, 0.3) is 0 Å². The van der Waals surface area contributed by atoms with Gasteiger partial charge in [-0.25, -0.2) is 4.79 Å². The first-order chi connectivity index (χ1) is 11.0. The minimum atomic E-state index is -1.12. The number of ketones is 1. The van der Waals surface area contributed by atoms with Crippen molar-refractivity contribution in [3.63, 3.8) is 0 Å². The van der Waals surface area contributed by atoms with Gasteiger partial charge in [0.1, 0.15) is 6.10 Å². The highest BCUT2D eigenvalue weighted by atomic mass is 16.6. The Morgan fingerprint density at radius 3 is 2.17 bits per heavy atom. The van der Waals surface area contributed by atoms with Crippen molar-refractivity contribution in [1.82, 2.24) is 0 Å². The Morgan fingerprint density at radius 1 is 1.04 bits per heavy atom. The summed E-state index contributed by atoms with van der Waals surface area (Å²) >= 11 is 0. The molecule has 0 fully saturated rings. The predicted octanol–water partition coefficient (Wildman–Crippen LogP) is 3.13. The smallest absolute Gasteiger partial charge is 0.333 e. The molecule has 0 saturated carbocycles. The summed E-state index contributed by atoms with van der Waals surface area (Å²) < 4.78 is 5.44. The maximum atomic E-state index is 12.8. The van der Waals surface area contributed by atoms with E-state index in [2.05, 4.69) is 6.58 Å². The SMILES string of the molecule is C=C(C)C(=O)O[C@H]1c2ccccc2C(=O)c2ccccc2[C@@H]1O. The van der Waals surface area contributed by atoms with Crippen LogP contribution in [0.2, 0.25) is 0 Å². The molecule has 0 unspecified atom stereocenters. The summed E-state index contributed by atoms with van der Waals surface area (Å²) in [4.78, 5) is 24.7. The summed E-state index contributed by atoms with van der Waals surface area (Å²) in [7, 11) is 0. The van der Waals surface area contributed by atoms with Crippen molar-refractivity contribution >= 4 is 11.8 Å². The Balaban J connectivity index is 2.19. The van der Waals surface area contributed by atoms with E-state index in [-0.39, 0.29) is 11.4 Å². The van der Waals surface area contributed by atoms with Crippen LogP contribution in [0.15, 0.2) is 60.7 Å². The number of aliphatic hydroxyl groups excluding tert-OH is 1. The lowest BCUT2D eigenvalue weighted by molar-refractivity contribution is -0.151. The van der Waals surface area contributed by atoms with Gasteiger partial charge in [0, 0.05) is 22.3 Å². The van der Waals surface area contributed by atoms with Gasteiger partial charge < -0.3 is 9.84 Å². The Labute approximate surface area is 134 Å². The molecule has 1 aliphatic carbocycles. The standard InChI is InChI=1S/C19H16O4/c1-11(2)19(22)23-18-15-10-6-5-9-14(15)16(20)12-7-3-4-8-13(12)17(18)21/h3-10,17-18,21H,1H2,2H3/t17-,18-/m0/s1. The maximum absolute atomic E-state index is 12.8. The number of hydrogen-bond donors (Lipinski definition) is 1. The number of benzene rings is 2. The Morgan fingerprint density at radius 2 is 1.57 bits per heavy atom. The van der Waals surface area contributed by atoms with E-state index in [9.17, 15) is 14.7 Å². The van der Waals surface area contributed by atoms with E-state index in [0.717, 1.165) is 0 Å². The summed E-state index contributed by atoms with van der Waals surface area (Å²) in [5.41, 5.74) is 2.03. The minimum Gasteiger partial charge on any atom is -0.451 e. The minimum absolute atomic E-state index is 0.191. The number of esters is 1. The van der Waals surface area contributed by atoms with Crippen LogP contribution in [0.3, 0.4) is 0 Å². The molecule has 0 bridgehead atoms. The van der Waals surface area contributed by atoms with E-state index >= 15 is 0 Å². The fraction of sp³-hybridized carbons (Fsp3) is 0.158. The van der Waals surface area contributed by atoms with Crippen molar-refractivity contribution in [2.24, 2.45) is 0 Å². The van der Waals surface area contributed by atoms with Gasteiger partial charge in [0.05, 0.1) is 0 Å². The summed E-state index contributed by atoms with van der Waals surface area (Å²) in [6.45, 7) is 5.10. The molecule has 4 heteroatoms. The van der Waals surface area contributed by atoms with Gasteiger partial charge in [-0.15, -0.1) is 0 Å². The monoisotopic (exact) mass is 308 g/mol. The topological polar surface area (TPSA) is 63.6 Å². The van der Waals surface area contributed by atoms with Crippen LogP contribution in [-0.4, -0.2) is 16.9 Å². The molecule has 0 amide bonds. The summed E-state index contributed by atoms with van der Waals surface area (Å²) in [6, 6.07) is 13.7. The molecule has 116 valence electrons. The molecule has 0 spiro atoms. The van der Waals surface area contributed by atoms with Crippen LogP contribution in [0.4, 0.5) is 0 Å². The molecule has 2 atom stereocenters. The number of carbonyl (C=O) groups is 2. The predicted molar refractivity (Wildman–Crippen MR) is 84.9 cm³/mol. The molecule has 2 aromatic rings. The van der Waals surface area contributed by atoms with Crippen LogP contribution in [0.25, 0.3) is 0 Å². The number of aliphatic hydroxyl groups is 1. The van der Waals surface area contributed by atoms with Crippen LogP contribution in [-0.2, 0) is 9.53 Å². The third-order valence-electron chi connectivity index (χ3n) is 3.91. The highest BCUT2D eigenvalue weighted by Gasteiger charge is 2.36. The van der Waals surface area contributed by atoms with E-state index in [1.54, 1.807) is 48.5 Å². The van der Waals surface area contributed by atoms with Gasteiger partial charge in [0.2, 0.25) is 0 Å². The molecule has 2 aromatic carbocycles. The maximum Gasteiger partial charge on any atom is 0.333 e. The van der Waals surface area contributed by atoms with Crippen LogP contribution in [0.5, 0.6) is 0 Å². The highest BCUT2D eigenvalue weighted by molar-refractivity contribution is 6.11. The fourth-order valence-corrected chi connectivity index (χ4v) is 2.74. The van der Waals surface area contributed by atoms with E-state index in [1.165, 1.54) is 6.92 Å². The van der Waals surface area contributed by atoms with Crippen molar-refractivity contribution in [1.29, 1.82) is 0 Å². The van der Waals surface area contributed by atoms with Crippen LogP contribution in [0, 0.1) is 0 Å². The van der Waals surface area contributed by atoms with Gasteiger partial charge in [0.15, 0.2) is 11.9 Å². The lowest BCUT2D eigenvalue weighted by Crippen LogP contribution is -2.19. The molecule has 0 heterocycles. The molecule has 0 saturated heterocycles. The molecule has 3 rings (SSSR count). The van der Waals surface area contributed by atoms with Gasteiger partial charge in [-0.2, -0.15) is 0 Å². The van der Waals surface area contributed by atoms with Crippen molar-refractivity contribution in [3.05, 3.63) is 82.9 Å². The molecule has 0 aliphatic heterocycles. The van der Waals surface area contributed by atoms with Crippen LogP contribution in [0.1, 0.15) is 46.2 Å². The molecule has 0 radical (unpaired) electrons. The third kappa shape index (κ3) is 2.58. The number of carbonyl (C=O) groups excluding carboxylic acids is 2. The number of rotatable bonds is 2. The second kappa shape index (κ2) is 5.82. The average Bonchev–Trinajstić information content (AvgIpc) is 2.65. The first kappa shape index (κ1) is 15.2. The van der Waals surface area contributed by atoms with E-state index in [4.69, 9.17) is 4.74 Å². The first-order valence-electron chi connectivity index (χ1n) is 7.28.